The Labute approximate surface area is 146 Å². The van der Waals surface area contributed by atoms with Crippen molar-refractivity contribution in [2.75, 3.05) is 0 Å². The highest BCUT2D eigenvalue weighted by Gasteiger charge is 2.35. The summed E-state index contributed by atoms with van der Waals surface area (Å²) < 4.78 is 0. The van der Waals surface area contributed by atoms with Crippen molar-refractivity contribution in [3.63, 3.8) is 0 Å². The molecule has 0 amide bonds. The normalized spacial score (nSPS) is 12.1. The molecule has 0 rings (SSSR count). The molecule has 0 aliphatic rings. The molecule has 0 spiro atoms. The largest absolute Gasteiger partial charge is 0.345 e. The molecule has 0 saturated heterocycles. The van der Waals surface area contributed by atoms with E-state index in [0.29, 0.717) is 32.1 Å². The van der Waals surface area contributed by atoms with E-state index >= 15 is 0 Å². The van der Waals surface area contributed by atoms with Gasteiger partial charge in [0, 0.05) is 6.42 Å². The van der Waals surface area contributed by atoms with Gasteiger partial charge in [0.2, 0.25) is 0 Å². The topological polar surface area (TPSA) is 71.1 Å². The predicted octanol–water partition coefficient (Wildman–Crippen LogP) is 4.57. The van der Waals surface area contributed by atoms with Gasteiger partial charge in [0.15, 0.2) is 0 Å². The molecule has 24 heavy (non-hydrogen) atoms. The van der Waals surface area contributed by atoms with Crippen LogP contribution >= 0.6 is 0 Å². The van der Waals surface area contributed by atoms with Crippen molar-refractivity contribution >= 4 is 11.9 Å². The number of hydrogen-bond donors (Lipinski definition) is 0. The Kier molecular flexibility index (Phi) is 10.9. The average molecular weight is 346 g/mol. The monoisotopic (exact) mass is 346 g/mol. The Balaban J connectivity index is 4.77. The molecular weight excluding hydrogens is 312 g/mol. The molecule has 0 heterocycles. The van der Waals surface area contributed by atoms with Crippen molar-refractivity contribution < 1.29 is 29.1 Å². The SMILES string of the molecule is CCC(CC)C(=O)OOC(C)(CC(C)C)OOC(=O)C(CC)CC. The highest BCUT2D eigenvalue weighted by atomic mass is 17.3. The minimum Gasteiger partial charge on any atom is -0.295 e. The Morgan fingerprint density at radius 3 is 1.38 bits per heavy atom. The maximum absolute atomic E-state index is 12.0. The van der Waals surface area contributed by atoms with Crippen LogP contribution in [0.25, 0.3) is 0 Å². The first-order valence-electron chi connectivity index (χ1n) is 9.01. The van der Waals surface area contributed by atoms with Gasteiger partial charge < -0.3 is 0 Å². The van der Waals surface area contributed by atoms with Crippen LogP contribution < -0.4 is 0 Å². The predicted molar refractivity (Wildman–Crippen MR) is 90.4 cm³/mol. The van der Waals surface area contributed by atoms with Gasteiger partial charge in [0.25, 0.3) is 5.79 Å². The summed E-state index contributed by atoms with van der Waals surface area (Å²) in [6.07, 6.45) is 3.09. The van der Waals surface area contributed by atoms with Crippen LogP contribution in [0.15, 0.2) is 0 Å². The first-order chi connectivity index (χ1) is 11.2. The van der Waals surface area contributed by atoms with Crippen molar-refractivity contribution in [2.45, 2.75) is 86.4 Å². The zero-order chi connectivity index (χ0) is 18.8. The van der Waals surface area contributed by atoms with Crippen molar-refractivity contribution in [3.8, 4) is 0 Å². The summed E-state index contributed by atoms with van der Waals surface area (Å²) >= 11 is 0. The van der Waals surface area contributed by atoms with Crippen LogP contribution in [0.5, 0.6) is 0 Å². The highest BCUT2D eigenvalue weighted by Crippen LogP contribution is 2.25. The second kappa shape index (κ2) is 11.4. The first-order valence-corrected chi connectivity index (χ1v) is 9.01. The number of carbonyl (C=O) groups is 2. The molecule has 0 aliphatic heterocycles. The van der Waals surface area contributed by atoms with E-state index in [-0.39, 0.29) is 17.8 Å². The fourth-order valence-electron chi connectivity index (χ4n) is 2.46. The van der Waals surface area contributed by atoms with E-state index in [2.05, 4.69) is 0 Å². The lowest BCUT2D eigenvalue weighted by Gasteiger charge is -2.28. The molecule has 0 saturated carbocycles. The smallest absolute Gasteiger partial charge is 0.295 e. The van der Waals surface area contributed by atoms with E-state index in [1.165, 1.54) is 0 Å². The van der Waals surface area contributed by atoms with Gasteiger partial charge in [-0.3, -0.25) is 9.78 Å². The van der Waals surface area contributed by atoms with E-state index < -0.39 is 17.7 Å². The minimum atomic E-state index is -1.34. The molecule has 0 aromatic rings. The third-order valence-corrected chi connectivity index (χ3v) is 4.02. The van der Waals surface area contributed by atoms with Gasteiger partial charge in [-0.05, 0) is 38.5 Å². The van der Waals surface area contributed by atoms with Crippen LogP contribution in [0, 0.1) is 17.8 Å². The molecule has 6 heteroatoms. The van der Waals surface area contributed by atoms with Gasteiger partial charge in [0.05, 0.1) is 11.8 Å². The summed E-state index contributed by atoms with van der Waals surface area (Å²) in [5.74, 6) is -2.47. The summed E-state index contributed by atoms with van der Waals surface area (Å²) in [5.41, 5.74) is 0. The van der Waals surface area contributed by atoms with Crippen LogP contribution in [0.1, 0.15) is 80.6 Å². The third-order valence-electron chi connectivity index (χ3n) is 4.02. The van der Waals surface area contributed by atoms with Gasteiger partial charge in [-0.15, -0.1) is 9.78 Å². The molecule has 0 fully saturated rings. The number of carbonyl (C=O) groups excluding carboxylic acids is 2. The summed E-state index contributed by atoms with van der Waals surface area (Å²) in [6.45, 7) is 13.2. The van der Waals surface area contributed by atoms with Gasteiger partial charge in [-0.2, -0.15) is 0 Å². The van der Waals surface area contributed by atoms with E-state index in [0.717, 1.165) is 0 Å². The standard InChI is InChI=1S/C18H34O6/c1-8-14(9-2)16(19)21-23-18(7,12-13(5)6)24-22-17(20)15(10-3)11-4/h13-15H,8-12H2,1-7H3. The van der Waals surface area contributed by atoms with Crippen LogP contribution in [-0.4, -0.2) is 17.7 Å². The summed E-state index contributed by atoms with van der Waals surface area (Å²) in [5, 5.41) is 0. The van der Waals surface area contributed by atoms with Gasteiger partial charge in [-0.1, -0.05) is 41.5 Å². The lowest BCUT2D eigenvalue weighted by atomic mass is 10.0. The van der Waals surface area contributed by atoms with Crippen molar-refractivity contribution in [3.05, 3.63) is 0 Å². The maximum atomic E-state index is 12.0. The van der Waals surface area contributed by atoms with Crippen molar-refractivity contribution in [1.82, 2.24) is 0 Å². The van der Waals surface area contributed by atoms with Crippen molar-refractivity contribution in [1.29, 1.82) is 0 Å². The zero-order valence-corrected chi connectivity index (χ0v) is 16.2. The molecule has 0 N–H and O–H groups in total. The Bertz CT molecular complexity index is 344. The molecule has 0 aromatic heterocycles. The molecule has 0 radical (unpaired) electrons. The van der Waals surface area contributed by atoms with E-state index in [4.69, 9.17) is 19.6 Å². The fourth-order valence-corrected chi connectivity index (χ4v) is 2.46. The van der Waals surface area contributed by atoms with Crippen LogP contribution in [0.3, 0.4) is 0 Å². The zero-order valence-electron chi connectivity index (χ0n) is 16.2. The van der Waals surface area contributed by atoms with Crippen LogP contribution in [0.4, 0.5) is 0 Å². The molecule has 0 aromatic carbocycles. The number of rotatable bonds is 12. The lowest BCUT2D eigenvalue weighted by molar-refractivity contribution is -0.480. The van der Waals surface area contributed by atoms with Crippen LogP contribution in [0.2, 0.25) is 0 Å². The fraction of sp³-hybridized carbons (Fsp3) is 0.889. The summed E-state index contributed by atoms with van der Waals surface area (Å²) in [6, 6.07) is 0. The minimum absolute atomic E-state index is 0.189. The van der Waals surface area contributed by atoms with Gasteiger partial charge in [-0.25, -0.2) is 9.59 Å². The maximum Gasteiger partial charge on any atom is 0.345 e. The molecule has 0 aliphatic carbocycles. The quantitative estimate of drug-likeness (QED) is 0.293. The second-order valence-electron chi connectivity index (χ2n) is 6.73. The van der Waals surface area contributed by atoms with Crippen LogP contribution in [-0.2, 0) is 29.1 Å². The van der Waals surface area contributed by atoms with Gasteiger partial charge in [0.1, 0.15) is 0 Å². The van der Waals surface area contributed by atoms with E-state index in [1.807, 2.05) is 41.5 Å². The van der Waals surface area contributed by atoms with Crippen molar-refractivity contribution in [2.24, 2.45) is 17.8 Å². The molecule has 0 atom stereocenters. The Morgan fingerprint density at radius 2 is 1.12 bits per heavy atom. The summed E-state index contributed by atoms with van der Waals surface area (Å²) in [4.78, 5) is 44.3. The number of hydrogen-bond acceptors (Lipinski definition) is 6. The molecule has 0 unspecified atom stereocenters. The summed E-state index contributed by atoms with van der Waals surface area (Å²) in [7, 11) is 0. The average Bonchev–Trinajstić information content (AvgIpc) is 2.53. The first kappa shape index (κ1) is 22.9. The van der Waals surface area contributed by atoms with E-state index in [1.54, 1.807) is 6.92 Å². The molecular formula is C18H34O6. The molecule has 6 nitrogen and oxygen atoms in total. The highest BCUT2D eigenvalue weighted by molar-refractivity contribution is 5.72. The Hall–Kier alpha value is -1.14. The van der Waals surface area contributed by atoms with Gasteiger partial charge >= 0.3 is 11.9 Å². The second-order valence-corrected chi connectivity index (χ2v) is 6.73. The molecule has 142 valence electrons. The molecule has 0 bridgehead atoms. The third kappa shape index (κ3) is 8.11. The van der Waals surface area contributed by atoms with E-state index in [9.17, 15) is 9.59 Å². The lowest BCUT2D eigenvalue weighted by Crippen LogP contribution is -2.37. The Morgan fingerprint density at radius 1 is 0.792 bits per heavy atom.